The minimum absolute atomic E-state index is 0.465. The smallest absolute Gasteiger partial charge is 0.0786 e. The fourth-order valence-electron chi connectivity index (χ4n) is 8.92. The lowest BCUT2D eigenvalue weighted by Crippen LogP contribution is -2.50. The third kappa shape index (κ3) is 3.61. The molecule has 170 valence electrons. The highest BCUT2D eigenvalue weighted by Crippen LogP contribution is 2.67. The van der Waals surface area contributed by atoms with Gasteiger partial charge in [0.2, 0.25) is 0 Å². The van der Waals surface area contributed by atoms with Gasteiger partial charge >= 0.3 is 0 Å². The number of aliphatic hydroxyl groups excluding tert-OH is 1. The van der Waals surface area contributed by atoms with E-state index < -0.39 is 0 Å². The minimum atomic E-state index is 0.465. The largest absolute Gasteiger partial charge is 0.516 e. The first-order valence-electron chi connectivity index (χ1n) is 13.2. The molecular formula is C29H48O. The van der Waals surface area contributed by atoms with Crippen LogP contribution in [0.3, 0.4) is 0 Å². The van der Waals surface area contributed by atoms with Gasteiger partial charge in [0.1, 0.15) is 0 Å². The molecule has 0 saturated heterocycles. The van der Waals surface area contributed by atoms with Crippen LogP contribution in [0.5, 0.6) is 0 Å². The van der Waals surface area contributed by atoms with Gasteiger partial charge in [0, 0.05) is 0 Å². The zero-order valence-corrected chi connectivity index (χ0v) is 20.7. The SMILES string of the molecule is CC(C)/C(=C\O)CC[C@@H](C)[C@H]1CC[C@H]2[C@@H]3CC=C4C[C@@H](C)CC[C@]4(C)[C@H]3CC[C@]12C. The van der Waals surface area contributed by atoms with Crippen LogP contribution < -0.4 is 0 Å². The molecule has 4 aliphatic rings. The molecule has 1 N–H and O–H groups in total. The van der Waals surface area contributed by atoms with Crippen molar-refractivity contribution in [3.63, 3.8) is 0 Å². The predicted molar refractivity (Wildman–Crippen MR) is 128 cm³/mol. The van der Waals surface area contributed by atoms with Crippen LogP contribution in [-0.2, 0) is 0 Å². The lowest BCUT2D eigenvalue weighted by Gasteiger charge is -2.58. The molecule has 0 aromatic heterocycles. The molecule has 0 aromatic carbocycles. The lowest BCUT2D eigenvalue weighted by atomic mass is 9.46. The molecule has 0 aromatic rings. The zero-order chi connectivity index (χ0) is 21.7. The number of hydrogen-bond acceptors (Lipinski definition) is 1. The van der Waals surface area contributed by atoms with Gasteiger partial charge in [-0.3, -0.25) is 0 Å². The van der Waals surface area contributed by atoms with E-state index in [1.165, 1.54) is 69.6 Å². The maximum Gasteiger partial charge on any atom is 0.0786 e. The summed E-state index contributed by atoms with van der Waals surface area (Å²) in [4.78, 5) is 0. The van der Waals surface area contributed by atoms with Gasteiger partial charge in [0.25, 0.3) is 0 Å². The molecule has 0 heterocycles. The van der Waals surface area contributed by atoms with Crippen LogP contribution in [0.1, 0.15) is 106 Å². The highest BCUT2D eigenvalue weighted by atomic mass is 16.2. The Morgan fingerprint density at radius 2 is 1.87 bits per heavy atom. The molecule has 1 heteroatoms. The van der Waals surface area contributed by atoms with Crippen LogP contribution in [0.2, 0.25) is 0 Å². The van der Waals surface area contributed by atoms with Gasteiger partial charge in [-0.05, 0) is 122 Å². The van der Waals surface area contributed by atoms with E-state index in [-0.39, 0.29) is 0 Å². The van der Waals surface area contributed by atoms with Crippen LogP contribution in [-0.4, -0.2) is 5.11 Å². The molecular weight excluding hydrogens is 364 g/mol. The van der Waals surface area contributed by atoms with Crippen LogP contribution >= 0.6 is 0 Å². The molecule has 4 rings (SSSR count). The molecule has 0 aliphatic heterocycles. The maximum absolute atomic E-state index is 9.61. The molecule has 0 spiro atoms. The van der Waals surface area contributed by atoms with E-state index in [1.54, 1.807) is 0 Å². The summed E-state index contributed by atoms with van der Waals surface area (Å²) in [6.45, 7) is 14.7. The summed E-state index contributed by atoms with van der Waals surface area (Å²) < 4.78 is 0. The first kappa shape index (κ1) is 22.5. The van der Waals surface area contributed by atoms with E-state index in [9.17, 15) is 5.11 Å². The highest BCUT2D eigenvalue weighted by Gasteiger charge is 2.58. The Balaban J connectivity index is 1.49. The number of hydrogen-bond donors (Lipinski definition) is 1. The molecule has 3 saturated carbocycles. The number of rotatable bonds is 5. The molecule has 0 amide bonds. The molecule has 30 heavy (non-hydrogen) atoms. The van der Waals surface area contributed by atoms with E-state index in [0.717, 1.165) is 41.9 Å². The topological polar surface area (TPSA) is 20.2 Å². The second-order valence-electron chi connectivity index (χ2n) is 12.7. The van der Waals surface area contributed by atoms with Gasteiger partial charge in [-0.15, -0.1) is 0 Å². The summed E-state index contributed by atoms with van der Waals surface area (Å²) in [7, 11) is 0. The predicted octanol–water partition coefficient (Wildman–Crippen LogP) is 8.72. The van der Waals surface area contributed by atoms with Gasteiger partial charge in [0.15, 0.2) is 0 Å². The minimum Gasteiger partial charge on any atom is -0.516 e. The van der Waals surface area contributed by atoms with Gasteiger partial charge in [0.05, 0.1) is 6.26 Å². The summed E-state index contributed by atoms with van der Waals surface area (Å²) in [6, 6.07) is 0. The molecule has 0 radical (unpaired) electrons. The Bertz CT molecular complexity index is 686. The molecule has 1 nitrogen and oxygen atoms in total. The van der Waals surface area contributed by atoms with Crippen LogP contribution in [0.4, 0.5) is 0 Å². The summed E-state index contributed by atoms with van der Waals surface area (Å²) in [5.41, 5.74) is 4.13. The van der Waals surface area contributed by atoms with E-state index >= 15 is 0 Å². The summed E-state index contributed by atoms with van der Waals surface area (Å²) >= 11 is 0. The number of fused-ring (bicyclic) bond motifs is 5. The second kappa shape index (κ2) is 8.32. The first-order valence-corrected chi connectivity index (χ1v) is 13.2. The van der Waals surface area contributed by atoms with Gasteiger partial charge in [-0.2, -0.15) is 0 Å². The van der Waals surface area contributed by atoms with E-state index in [2.05, 4.69) is 47.6 Å². The van der Waals surface area contributed by atoms with Crippen molar-refractivity contribution in [2.75, 3.05) is 0 Å². The Morgan fingerprint density at radius 3 is 2.57 bits per heavy atom. The third-order valence-electron chi connectivity index (χ3n) is 10.9. The van der Waals surface area contributed by atoms with Crippen molar-refractivity contribution in [1.29, 1.82) is 0 Å². The Morgan fingerprint density at radius 1 is 1.10 bits per heavy atom. The zero-order valence-electron chi connectivity index (χ0n) is 20.7. The van der Waals surface area contributed by atoms with Crippen molar-refractivity contribution in [3.05, 3.63) is 23.5 Å². The fourth-order valence-corrected chi connectivity index (χ4v) is 8.92. The maximum atomic E-state index is 9.61. The normalized spacial score (nSPS) is 44.8. The molecule has 4 aliphatic carbocycles. The van der Waals surface area contributed by atoms with Crippen molar-refractivity contribution >= 4 is 0 Å². The summed E-state index contributed by atoms with van der Waals surface area (Å²) in [5.74, 6) is 5.83. The van der Waals surface area contributed by atoms with Crippen molar-refractivity contribution in [1.82, 2.24) is 0 Å². The lowest BCUT2D eigenvalue weighted by molar-refractivity contribution is -0.0521. The molecule has 8 atom stereocenters. The Hall–Kier alpha value is -0.720. The Labute approximate surface area is 186 Å². The fraction of sp³-hybridized carbons (Fsp3) is 0.862. The van der Waals surface area contributed by atoms with Crippen LogP contribution in [0.15, 0.2) is 23.5 Å². The van der Waals surface area contributed by atoms with Crippen LogP contribution in [0, 0.1) is 52.3 Å². The van der Waals surface area contributed by atoms with Crippen LogP contribution in [0.25, 0.3) is 0 Å². The van der Waals surface area contributed by atoms with Gasteiger partial charge in [-0.1, -0.05) is 53.2 Å². The monoisotopic (exact) mass is 412 g/mol. The Kier molecular flexibility index (Phi) is 6.24. The quantitative estimate of drug-likeness (QED) is 0.353. The van der Waals surface area contributed by atoms with E-state index in [0.29, 0.717) is 16.7 Å². The third-order valence-corrected chi connectivity index (χ3v) is 10.9. The van der Waals surface area contributed by atoms with Gasteiger partial charge < -0.3 is 5.11 Å². The summed E-state index contributed by atoms with van der Waals surface area (Å²) in [5, 5.41) is 9.61. The second-order valence-corrected chi connectivity index (χ2v) is 12.7. The standard InChI is InChI=1S/C29H48O/c1-19(2)22(18-30)8-7-21(4)25-11-12-26-24-10-9-23-17-20(3)13-15-28(23,5)27(24)14-16-29(25,26)6/h9,18-21,24-27,30H,7-8,10-17H2,1-6H3/b22-18-/t20-,21+,24-,25+,26-,27-,28-,29+/m0/s1. The number of allylic oxidation sites excluding steroid dienone is 3. The average Bonchev–Trinajstić information content (AvgIpc) is 3.06. The molecule has 3 fully saturated rings. The molecule has 0 bridgehead atoms. The van der Waals surface area contributed by atoms with Crippen molar-refractivity contribution < 1.29 is 5.11 Å². The number of aliphatic hydroxyl groups is 1. The van der Waals surface area contributed by atoms with Crippen molar-refractivity contribution in [3.8, 4) is 0 Å². The van der Waals surface area contributed by atoms with E-state index in [4.69, 9.17) is 0 Å². The van der Waals surface area contributed by atoms with Crippen molar-refractivity contribution in [2.24, 2.45) is 52.3 Å². The average molecular weight is 413 g/mol. The van der Waals surface area contributed by atoms with Gasteiger partial charge in [-0.25, -0.2) is 0 Å². The van der Waals surface area contributed by atoms with E-state index in [1.807, 2.05) is 5.57 Å². The first-order chi connectivity index (χ1) is 14.2. The highest BCUT2D eigenvalue weighted by molar-refractivity contribution is 5.25. The molecule has 0 unspecified atom stereocenters. The van der Waals surface area contributed by atoms with Crippen molar-refractivity contribution in [2.45, 2.75) is 106 Å². The summed E-state index contributed by atoms with van der Waals surface area (Å²) in [6.07, 6.45) is 17.9.